The molecule has 0 unspecified atom stereocenters. The van der Waals surface area contributed by atoms with Gasteiger partial charge in [-0.15, -0.1) is 11.8 Å². The molecule has 1 nitrogen and oxygen atoms in total. The Kier molecular flexibility index (Phi) is 4.10. The lowest BCUT2D eigenvalue weighted by atomic mass is 10.2. The maximum Gasteiger partial charge on any atom is 0.0344 e. The molecule has 17 heavy (non-hydrogen) atoms. The third-order valence-electron chi connectivity index (χ3n) is 2.74. The molecule has 0 atom stereocenters. The van der Waals surface area contributed by atoms with Crippen molar-refractivity contribution in [2.45, 2.75) is 18.2 Å². The molecule has 88 valence electrons. The third kappa shape index (κ3) is 3.53. The lowest BCUT2D eigenvalue weighted by Gasteiger charge is -2.05. The summed E-state index contributed by atoms with van der Waals surface area (Å²) in [6.45, 7) is 2.05. The van der Waals surface area contributed by atoms with Crippen molar-refractivity contribution >= 4 is 17.4 Å². The number of hydrogen-bond acceptors (Lipinski definition) is 2. The van der Waals surface area contributed by atoms with Crippen LogP contribution in [0.5, 0.6) is 0 Å². The van der Waals surface area contributed by atoms with E-state index < -0.39 is 0 Å². The number of nitrogens with two attached hydrogens (primary N) is 1. The van der Waals surface area contributed by atoms with Gasteiger partial charge >= 0.3 is 0 Å². The van der Waals surface area contributed by atoms with E-state index in [4.69, 9.17) is 5.73 Å². The lowest BCUT2D eigenvalue weighted by Crippen LogP contribution is -1.90. The predicted octanol–water partition coefficient (Wildman–Crippen LogP) is 3.91. The quantitative estimate of drug-likeness (QED) is 0.651. The Balaban J connectivity index is 1.88. The van der Waals surface area contributed by atoms with Crippen molar-refractivity contribution in [1.82, 2.24) is 0 Å². The van der Waals surface area contributed by atoms with Crippen molar-refractivity contribution in [3.63, 3.8) is 0 Å². The summed E-state index contributed by atoms with van der Waals surface area (Å²) >= 11 is 1.88. The minimum absolute atomic E-state index is 0.873. The first-order valence-electron chi connectivity index (χ1n) is 5.78. The zero-order valence-corrected chi connectivity index (χ0v) is 10.8. The summed E-state index contributed by atoms with van der Waals surface area (Å²) in [5.41, 5.74) is 9.23. The Bertz CT molecular complexity index is 480. The van der Waals surface area contributed by atoms with E-state index in [2.05, 4.69) is 49.4 Å². The first-order chi connectivity index (χ1) is 8.25. The van der Waals surface area contributed by atoms with Gasteiger partial charge in [-0.25, -0.2) is 0 Å². The average Bonchev–Trinajstić information content (AvgIpc) is 2.35. The number of thioether (sulfide) groups is 1. The average molecular weight is 243 g/mol. The highest BCUT2D eigenvalue weighted by molar-refractivity contribution is 7.99. The third-order valence-corrected chi connectivity index (χ3v) is 3.74. The van der Waals surface area contributed by atoms with Gasteiger partial charge in [0.05, 0.1) is 0 Å². The summed E-state index contributed by atoms with van der Waals surface area (Å²) in [4.78, 5) is 1.30. The van der Waals surface area contributed by atoms with Crippen molar-refractivity contribution in [2.75, 3.05) is 11.5 Å². The van der Waals surface area contributed by atoms with Crippen LogP contribution in [0.15, 0.2) is 53.4 Å². The molecule has 2 rings (SSSR count). The van der Waals surface area contributed by atoms with Crippen molar-refractivity contribution in [3.8, 4) is 0 Å². The number of aryl methyl sites for hydroxylation is 2. The highest BCUT2D eigenvalue weighted by Gasteiger charge is 1.98. The fourth-order valence-electron chi connectivity index (χ4n) is 1.67. The first kappa shape index (κ1) is 12.1. The molecule has 0 amide bonds. The van der Waals surface area contributed by atoms with Gasteiger partial charge in [0.1, 0.15) is 0 Å². The van der Waals surface area contributed by atoms with Crippen LogP contribution in [-0.4, -0.2) is 5.75 Å². The Labute approximate surface area is 107 Å². The van der Waals surface area contributed by atoms with E-state index in [1.807, 2.05) is 17.8 Å². The number of hydrogen-bond donors (Lipinski definition) is 1. The van der Waals surface area contributed by atoms with Crippen LogP contribution in [0.2, 0.25) is 0 Å². The standard InChI is InChI=1S/C15H17NS/c1-12-11-14(7-8-15(12)16)17-10-9-13-5-3-2-4-6-13/h2-8,11H,9-10,16H2,1H3. The predicted molar refractivity (Wildman–Crippen MR) is 76.5 cm³/mol. The molecule has 0 radical (unpaired) electrons. The van der Waals surface area contributed by atoms with Gasteiger partial charge in [0.15, 0.2) is 0 Å². The zero-order valence-electron chi connectivity index (χ0n) is 10.0. The maximum absolute atomic E-state index is 5.80. The Morgan fingerprint density at radius 3 is 2.53 bits per heavy atom. The molecule has 0 aliphatic rings. The van der Waals surface area contributed by atoms with Gasteiger partial charge < -0.3 is 5.73 Å². The summed E-state index contributed by atoms with van der Waals surface area (Å²) in [5.74, 6) is 1.10. The number of nitrogen functional groups attached to an aromatic ring is 1. The molecule has 0 aliphatic carbocycles. The SMILES string of the molecule is Cc1cc(SCCc2ccccc2)ccc1N. The van der Waals surface area contributed by atoms with Crippen molar-refractivity contribution in [2.24, 2.45) is 0 Å². The molecule has 0 bridgehead atoms. The summed E-state index contributed by atoms with van der Waals surface area (Å²) in [6, 6.07) is 16.8. The molecule has 2 aromatic rings. The topological polar surface area (TPSA) is 26.0 Å². The zero-order chi connectivity index (χ0) is 12.1. The molecule has 2 N–H and O–H groups in total. The fraction of sp³-hybridized carbons (Fsp3) is 0.200. The minimum atomic E-state index is 0.873. The maximum atomic E-state index is 5.80. The number of benzene rings is 2. The van der Waals surface area contributed by atoms with Gasteiger partial charge in [0.2, 0.25) is 0 Å². The lowest BCUT2D eigenvalue weighted by molar-refractivity contribution is 1.15. The summed E-state index contributed by atoms with van der Waals surface area (Å²) < 4.78 is 0. The molecule has 2 aromatic carbocycles. The van der Waals surface area contributed by atoms with Crippen LogP contribution in [0.4, 0.5) is 5.69 Å². The van der Waals surface area contributed by atoms with Gasteiger partial charge in [0, 0.05) is 16.3 Å². The molecule has 2 heteroatoms. The van der Waals surface area contributed by atoms with Crippen molar-refractivity contribution in [3.05, 3.63) is 59.7 Å². The van der Waals surface area contributed by atoms with Gasteiger partial charge in [-0.3, -0.25) is 0 Å². The van der Waals surface area contributed by atoms with Crippen LogP contribution in [-0.2, 0) is 6.42 Å². The molecular weight excluding hydrogens is 226 g/mol. The van der Waals surface area contributed by atoms with Crippen molar-refractivity contribution in [1.29, 1.82) is 0 Å². The molecular formula is C15H17NS. The molecule has 0 saturated heterocycles. The molecule has 0 heterocycles. The van der Waals surface area contributed by atoms with E-state index in [0.29, 0.717) is 0 Å². The van der Waals surface area contributed by atoms with E-state index in [1.165, 1.54) is 10.5 Å². The minimum Gasteiger partial charge on any atom is -0.399 e. The molecule has 0 aromatic heterocycles. The van der Waals surface area contributed by atoms with E-state index in [9.17, 15) is 0 Å². The highest BCUT2D eigenvalue weighted by Crippen LogP contribution is 2.23. The largest absolute Gasteiger partial charge is 0.399 e. The van der Waals surface area contributed by atoms with Crippen LogP contribution in [0.1, 0.15) is 11.1 Å². The Morgan fingerprint density at radius 2 is 1.82 bits per heavy atom. The normalized spacial score (nSPS) is 10.4. The second kappa shape index (κ2) is 5.78. The molecule has 0 fully saturated rings. The smallest absolute Gasteiger partial charge is 0.0344 e. The van der Waals surface area contributed by atoms with Crippen LogP contribution in [0, 0.1) is 6.92 Å². The fourth-order valence-corrected chi connectivity index (χ4v) is 2.67. The van der Waals surface area contributed by atoms with E-state index in [0.717, 1.165) is 23.4 Å². The van der Waals surface area contributed by atoms with Gasteiger partial charge in [-0.2, -0.15) is 0 Å². The molecule has 0 saturated carbocycles. The Hall–Kier alpha value is -1.41. The monoisotopic (exact) mass is 243 g/mol. The van der Waals surface area contributed by atoms with E-state index in [1.54, 1.807) is 0 Å². The summed E-state index contributed by atoms with van der Waals surface area (Å²) in [7, 11) is 0. The van der Waals surface area contributed by atoms with Crippen LogP contribution in [0.3, 0.4) is 0 Å². The Morgan fingerprint density at radius 1 is 1.06 bits per heavy atom. The number of anilines is 1. The second-order valence-corrected chi connectivity index (χ2v) is 5.27. The molecule has 0 spiro atoms. The highest BCUT2D eigenvalue weighted by atomic mass is 32.2. The van der Waals surface area contributed by atoms with E-state index in [-0.39, 0.29) is 0 Å². The van der Waals surface area contributed by atoms with Crippen LogP contribution < -0.4 is 5.73 Å². The van der Waals surface area contributed by atoms with Crippen LogP contribution in [0.25, 0.3) is 0 Å². The van der Waals surface area contributed by atoms with Gasteiger partial charge in [0.25, 0.3) is 0 Å². The van der Waals surface area contributed by atoms with Crippen LogP contribution >= 0.6 is 11.8 Å². The number of rotatable bonds is 4. The summed E-state index contributed by atoms with van der Waals surface area (Å²) in [5, 5.41) is 0. The molecule has 0 aliphatic heterocycles. The van der Waals surface area contributed by atoms with Crippen molar-refractivity contribution < 1.29 is 0 Å². The second-order valence-electron chi connectivity index (χ2n) is 4.10. The van der Waals surface area contributed by atoms with E-state index >= 15 is 0 Å². The van der Waals surface area contributed by atoms with Gasteiger partial charge in [-0.05, 0) is 42.7 Å². The first-order valence-corrected chi connectivity index (χ1v) is 6.77. The van der Waals surface area contributed by atoms with Gasteiger partial charge in [-0.1, -0.05) is 30.3 Å². The summed E-state index contributed by atoms with van der Waals surface area (Å²) in [6.07, 6.45) is 1.11.